The number of rotatable bonds is 1. The van der Waals surface area contributed by atoms with E-state index < -0.39 is 9.84 Å². The highest BCUT2D eigenvalue weighted by atomic mass is 35.5. The van der Waals surface area contributed by atoms with E-state index in [2.05, 4.69) is 5.32 Å². The van der Waals surface area contributed by atoms with Crippen molar-refractivity contribution in [3.05, 3.63) is 0 Å². The zero-order valence-electron chi connectivity index (χ0n) is 10.0. The number of hydrogen-bond acceptors (Lipinski definition) is 4. The van der Waals surface area contributed by atoms with Gasteiger partial charge in [-0.15, -0.1) is 12.4 Å². The minimum atomic E-state index is -2.98. The van der Waals surface area contributed by atoms with Crippen molar-refractivity contribution in [3.63, 3.8) is 0 Å². The van der Waals surface area contributed by atoms with Gasteiger partial charge in [0.15, 0.2) is 9.84 Å². The second-order valence-corrected chi connectivity index (χ2v) is 7.05. The molecule has 2 aliphatic rings. The molecule has 17 heavy (non-hydrogen) atoms. The number of nitrogens with one attached hydrogen (secondary N) is 1. The lowest BCUT2D eigenvalue weighted by Gasteiger charge is -2.38. The molecule has 2 atom stereocenters. The molecule has 2 saturated heterocycles. The van der Waals surface area contributed by atoms with E-state index in [1.54, 1.807) is 4.90 Å². The molecule has 0 spiro atoms. The fourth-order valence-corrected chi connectivity index (χ4v) is 4.43. The van der Waals surface area contributed by atoms with Crippen LogP contribution >= 0.6 is 12.4 Å². The van der Waals surface area contributed by atoms with Crippen LogP contribution in [0.4, 0.5) is 0 Å². The van der Waals surface area contributed by atoms with Crippen LogP contribution < -0.4 is 5.32 Å². The first-order valence-electron chi connectivity index (χ1n) is 5.65. The summed E-state index contributed by atoms with van der Waals surface area (Å²) in [6, 6.07) is -0.227. The normalized spacial score (nSPS) is 30.9. The number of amides is 1. The highest BCUT2D eigenvalue weighted by Gasteiger charge is 2.44. The summed E-state index contributed by atoms with van der Waals surface area (Å²) in [6.45, 7) is 5.01. The van der Waals surface area contributed by atoms with E-state index in [0.717, 1.165) is 0 Å². The van der Waals surface area contributed by atoms with Gasteiger partial charge in [-0.2, -0.15) is 0 Å². The van der Waals surface area contributed by atoms with Crippen molar-refractivity contribution in [2.24, 2.45) is 5.92 Å². The minimum Gasteiger partial charge on any atom is -0.336 e. The summed E-state index contributed by atoms with van der Waals surface area (Å²) in [5.74, 6) is 0.276. The molecule has 2 rings (SSSR count). The number of nitrogens with zero attached hydrogens (tertiary/aromatic N) is 1. The number of sulfone groups is 1. The van der Waals surface area contributed by atoms with Gasteiger partial charge in [-0.25, -0.2) is 8.42 Å². The topological polar surface area (TPSA) is 66.5 Å². The minimum absolute atomic E-state index is 0. The van der Waals surface area contributed by atoms with E-state index in [1.165, 1.54) is 0 Å². The van der Waals surface area contributed by atoms with Gasteiger partial charge in [0, 0.05) is 25.0 Å². The van der Waals surface area contributed by atoms with Gasteiger partial charge in [-0.05, 0) is 0 Å². The monoisotopic (exact) mass is 282 g/mol. The first-order valence-corrected chi connectivity index (χ1v) is 7.47. The van der Waals surface area contributed by atoms with Gasteiger partial charge in [-0.1, -0.05) is 13.8 Å². The predicted octanol–water partition coefficient (Wildman–Crippen LogP) is -0.338. The van der Waals surface area contributed by atoms with E-state index in [4.69, 9.17) is 0 Å². The molecule has 0 aromatic heterocycles. The third kappa shape index (κ3) is 2.92. The number of carbonyl (C=O) groups excluding carboxylic acids is 1. The Morgan fingerprint density at radius 1 is 1.35 bits per heavy atom. The molecule has 100 valence electrons. The largest absolute Gasteiger partial charge is 0.336 e. The van der Waals surface area contributed by atoms with Crippen molar-refractivity contribution in [2.45, 2.75) is 25.9 Å². The lowest BCUT2D eigenvalue weighted by molar-refractivity contribution is -0.137. The number of fused-ring (bicyclic) bond motifs is 1. The molecule has 0 bridgehead atoms. The lowest BCUT2D eigenvalue weighted by Crippen LogP contribution is -2.59. The fourth-order valence-electron chi connectivity index (χ4n) is 2.47. The maximum Gasteiger partial charge on any atom is 0.225 e. The van der Waals surface area contributed by atoms with Crippen LogP contribution in [-0.2, 0) is 14.6 Å². The molecule has 1 N–H and O–H groups in total. The molecule has 2 fully saturated rings. The highest BCUT2D eigenvalue weighted by Crippen LogP contribution is 2.22. The lowest BCUT2D eigenvalue weighted by atomic mass is 10.0. The Balaban J connectivity index is 0.00000144. The maximum atomic E-state index is 12.0. The Hall–Kier alpha value is -0.330. The molecule has 2 aliphatic heterocycles. The van der Waals surface area contributed by atoms with E-state index in [-0.39, 0.29) is 47.8 Å². The van der Waals surface area contributed by atoms with Gasteiger partial charge >= 0.3 is 0 Å². The quantitative estimate of drug-likeness (QED) is 0.715. The molecule has 1 amide bonds. The number of hydrogen-bond donors (Lipinski definition) is 1. The van der Waals surface area contributed by atoms with Crippen LogP contribution in [-0.4, -0.2) is 55.9 Å². The summed E-state index contributed by atoms with van der Waals surface area (Å²) in [5.41, 5.74) is 0. The Morgan fingerprint density at radius 2 is 2.00 bits per heavy atom. The zero-order valence-corrected chi connectivity index (χ0v) is 11.7. The van der Waals surface area contributed by atoms with Crippen LogP contribution in [0, 0.1) is 5.92 Å². The molecule has 5 nitrogen and oxygen atoms in total. The van der Waals surface area contributed by atoms with Crippen LogP contribution in [0.5, 0.6) is 0 Å². The first-order chi connectivity index (χ1) is 7.41. The Bertz CT molecular complexity index is 396. The summed E-state index contributed by atoms with van der Waals surface area (Å²) in [7, 11) is -2.98. The molecule has 2 heterocycles. The van der Waals surface area contributed by atoms with Crippen LogP contribution in [0.3, 0.4) is 0 Å². The van der Waals surface area contributed by atoms with Gasteiger partial charge in [-0.3, -0.25) is 4.79 Å². The first kappa shape index (κ1) is 14.7. The van der Waals surface area contributed by atoms with Crippen LogP contribution in [0.2, 0.25) is 0 Å². The van der Waals surface area contributed by atoms with E-state index in [1.807, 2.05) is 13.8 Å². The maximum absolute atomic E-state index is 12.0. The van der Waals surface area contributed by atoms with Crippen LogP contribution in [0.1, 0.15) is 13.8 Å². The third-order valence-electron chi connectivity index (χ3n) is 3.26. The van der Waals surface area contributed by atoms with Crippen molar-refractivity contribution in [1.29, 1.82) is 0 Å². The predicted molar refractivity (Wildman–Crippen MR) is 68.0 cm³/mol. The van der Waals surface area contributed by atoms with Crippen molar-refractivity contribution in [3.8, 4) is 0 Å². The van der Waals surface area contributed by atoms with Gasteiger partial charge in [0.1, 0.15) is 0 Å². The zero-order chi connectivity index (χ0) is 11.9. The summed E-state index contributed by atoms with van der Waals surface area (Å²) in [5, 5.41) is 3.19. The summed E-state index contributed by atoms with van der Waals surface area (Å²) in [6.07, 6.45) is 0. The molecule has 0 aliphatic carbocycles. The Labute approximate surface area is 108 Å². The summed E-state index contributed by atoms with van der Waals surface area (Å²) in [4.78, 5) is 13.7. The van der Waals surface area contributed by atoms with Gasteiger partial charge < -0.3 is 10.2 Å². The van der Waals surface area contributed by atoms with Gasteiger partial charge in [0.25, 0.3) is 0 Å². The highest BCUT2D eigenvalue weighted by molar-refractivity contribution is 7.91. The number of piperazine rings is 1. The fraction of sp³-hybridized carbons (Fsp3) is 0.900. The molecule has 0 radical (unpaired) electrons. The third-order valence-corrected chi connectivity index (χ3v) is 4.98. The van der Waals surface area contributed by atoms with Crippen molar-refractivity contribution >= 4 is 28.2 Å². The van der Waals surface area contributed by atoms with Gasteiger partial charge in [0.05, 0.1) is 17.5 Å². The standard InChI is InChI=1S/C10H18N2O3S.ClH/c1-7(2)10(13)12-4-3-11-8-5-16(14,15)6-9(8)12;/h7-9,11H,3-6H2,1-2H3;1H. The molecular weight excluding hydrogens is 264 g/mol. The summed E-state index contributed by atoms with van der Waals surface area (Å²) >= 11 is 0. The molecule has 7 heteroatoms. The average Bonchev–Trinajstić information content (AvgIpc) is 2.49. The Kier molecular flexibility index (Phi) is 4.43. The molecule has 0 aromatic rings. The SMILES string of the molecule is CC(C)C(=O)N1CCNC2CS(=O)(=O)CC21.Cl. The van der Waals surface area contributed by atoms with Crippen molar-refractivity contribution in [2.75, 3.05) is 24.6 Å². The summed E-state index contributed by atoms with van der Waals surface area (Å²) < 4.78 is 23.1. The molecule has 0 saturated carbocycles. The van der Waals surface area contributed by atoms with Crippen molar-refractivity contribution in [1.82, 2.24) is 10.2 Å². The Morgan fingerprint density at radius 3 is 2.59 bits per heavy atom. The second kappa shape index (κ2) is 5.12. The number of halogens is 1. The number of carbonyl (C=O) groups is 1. The average molecular weight is 283 g/mol. The van der Waals surface area contributed by atoms with Crippen molar-refractivity contribution < 1.29 is 13.2 Å². The van der Waals surface area contributed by atoms with Gasteiger partial charge in [0.2, 0.25) is 5.91 Å². The van der Waals surface area contributed by atoms with E-state index in [0.29, 0.717) is 13.1 Å². The van der Waals surface area contributed by atoms with Crippen LogP contribution in [0.15, 0.2) is 0 Å². The molecular formula is C10H19ClN2O3S. The smallest absolute Gasteiger partial charge is 0.225 e. The second-order valence-electron chi connectivity index (χ2n) is 4.89. The van der Waals surface area contributed by atoms with Crippen LogP contribution in [0.25, 0.3) is 0 Å². The molecule has 2 unspecified atom stereocenters. The van der Waals surface area contributed by atoms with E-state index >= 15 is 0 Å². The molecule has 0 aromatic carbocycles. The van der Waals surface area contributed by atoms with E-state index in [9.17, 15) is 13.2 Å².